The Morgan fingerprint density at radius 2 is 1.90 bits per heavy atom. The van der Waals surface area contributed by atoms with Crippen molar-refractivity contribution in [1.82, 2.24) is 0 Å². The molecule has 4 rings (SSSR count). The maximum absolute atomic E-state index is 13.9. The van der Waals surface area contributed by atoms with Gasteiger partial charge in [-0.15, -0.1) is 0 Å². The summed E-state index contributed by atoms with van der Waals surface area (Å²) >= 11 is 6.03. The number of carbonyl (C=O) groups is 1. The molecule has 0 atom stereocenters. The van der Waals surface area contributed by atoms with Gasteiger partial charge in [0.05, 0.1) is 17.2 Å². The number of hydrogen-bond acceptors (Lipinski definition) is 4. The van der Waals surface area contributed by atoms with Crippen molar-refractivity contribution in [2.24, 2.45) is 0 Å². The maximum atomic E-state index is 13.9. The molecule has 0 N–H and O–H groups in total. The standard InChI is InChI=1S/C24H18ClFO4/c1-2-28-21-9-4-3-6-15(21)12-23-24(27)17-11-10-16(13-22(17)30-23)29-14-18-19(25)7-5-8-20(18)26/h3-13H,2,14H2,1H3/b23-12-. The summed E-state index contributed by atoms with van der Waals surface area (Å²) in [5.74, 6) is 1.04. The first kappa shape index (κ1) is 20.0. The van der Waals surface area contributed by atoms with Crippen molar-refractivity contribution in [2.75, 3.05) is 6.61 Å². The fourth-order valence-electron chi connectivity index (χ4n) is 3.11. The molecule has 1 aliphatic heterocycles. The van der Waals surface area contributed by atoms with E-state index in [1.165, 1.54) is 12.1 Å². The molecule has 6 heteroatoms. The van der Waals surface area contributed by atoms with Crippen molar-refractivity contribution in [2.45, 2.75) is 13.5 Å². The Morgan fingerprint density at radius 3 is 2.70 bits per heavy atom. The number of fused-ring (bicyclic) bond motifs is 1. The Balaban J connectivity index is 1.54. The molecule has 0 aromatic heterocycles. The molecule has 4 nitrogen and oxygen atoms in total. The van der Waals surface area contributed by atoms with E-state index >= 15 is 0 Å². The van der Waals surface area contributed by atoms with Gasteiger partial charge < -0.3 is 14.2 Å². The number of allylic oxidation sites excluding steroid dienone is 1. The van der Waals surface area contributed by atoms with Gasteiger partial charge in [0.15, 0.2) is 5.76 Å². The molecule has 0 spiro atoms. The fourth-order valence-corrected chi connectivity index (χ4v) is 3.33. The predicted octanol–water partition coefficient (Wildman–Crippen LogP) is 6.07. The van der Waals surface area contributed by atoms with E-state index in [1.54, 1.807) is 30.3 Å². The third kappa shape index (κ3) is 4.02. The van der Waals surface area contributed by atoms with Crippen LogP contribution in [0.2, 0.25) is 5.02 Å². The van der Waals surface area contributed by atoms with Gasteiger partial charge in [0.1, 0.15) is 29.7 Å². The van der Waals surface area contributed by atoms with Crippen molar-refractivity contribution < 1.29 is 23.4 Å². The normalized spacial score (nSPS) is 13.8. The second-order valence-corrected chi connectivity index (χ2v) is 6.96. The minimum absolute atomic E-state index is 0.0390. The Hall–Kier alpha value is -3.31. The SMILES string of the molecule is CCOc1ccccc1/C=C1\Oc2cc(OCc3c(F)cccc3Cl)ccc2C1=O. The number of hydrogen-bond donors (Lipinski definition) is 0. The summed E-state index contributed by atoms with van der Waals surface area (Å²) in [5, 5.41) is 0.292. The molecule has 0 unspecified atom stereocenters. The average molecular weight is 425 g/mol. The molecule has 0 aliphatic carbocycles. The van der Waals surface area contributed by atoms with Crippen molar-refractivity contribution in [3.63, 3.8) is 0 Å². The smallest absolute Gasteiger partial charge is 0.231 e. The van der Waals surface area contributed by atoms with Gasteiger partial charge >= 0.3 is 0 Å². The van der Waals surface area contributed by atoms with Crippen molar-refractivity contribution in [3.05, 3.63) is 94.0 Å². The number of ether oxygens (including phenoxy) is 3. The second kappa shape index (κ2) is 8.59. The molecule has 0 bridgehead atoms. The van der Waals surface area contributed by atoms with E-state index in [0.717, 1.165) is 5.56 Å². The summed E-state index contributed by atoms with van der Waals surface area (Å²) in [5.41, 5.74) is 1.46. The molecule has 30 heavy (non-hydrogen) atoms. The lowest BCUT2D eigenvalue weighted by Gasteiger charge is -2.09. The van der Waals surface area contributed by atoms with Crippen LogP contribution in [0.25, 0.3) is 6.08 Å². The number of benzene rings is 3. The predicted molar refractivity (Wildman–Crippen MR) is 113 cm³/mol. The van der Waals surface area contributed by atoms with Gasteiger partial charge in [-0.1, -0.05) is 35.9 Å². The highest BCUT2D eigenvalue weighted by Crippen LogP contribution is 2.36. The van der Waals surface area contributed by atoms with E-state index in [4.69, 9.17) is 25.8 Å². The highest BCUT2D eigenvalue weighted by Gasteiger charge is 2.28. The first-order valence-corrected chi connectivity index (χ1v) is 9.80. The van der Waals surface area contributed by atoms with Crippen LogP contribution in [0.15, 0.2) is 66.4 Å². The summed E-state index contributed by atoms with van der Waals surface area (Å²) in [4.78, 5) is 12.7. The number of ketones is 1. The largest absolute Gasteiger partial charge is 0.493 e. The Morgan fingerprint density at radius 1 is 1.07 bits per heavy atom. The van der Waals surface area contributed by atoms with Crippen LogP contribution in [0.3, 0.4) is 0 Å². The Bertz CT molecular complexity index is 1120. The van der Waals surface area contributed by atoms with E-state index in [0.29, 0.717) is 34.4 Å². The van der Waals surface area contributed by atoms with Crippen molar-refractivity contribution in [1.29, 1.82) is 0 Å². The summed E-state index contributed by atoms with van der Waals surface area (Å²) in [6.07, 6.45) is 1.66. The lowest BCUT2D eigenvalue weighted by Crippen LogP contribution is -2.00. The minimum atomic E-state index is -0.437. The van der Waals surface area contributed by atoms with Gasteiger partial charge in [0.2, 0.25) is 5.78 Å². The van der Waals surface area contributed by atoms with Gasteiger partial charge in [-0.3, -0.25) is 4.79 Å². The van der Waals surface area contributed by atoms with Crippen LogP contribution in [0.1, 0.15) is 28.4 Å². The molecule has 0 radical (unpaired) electrons. The quantitative estimate of drug-likeness (QED) is 0.450. The van der Waals surface area contributed by atoms with Gasteiger partial charge in [-0.2, -0.15) is 0 Å². The van der Waals surface area contributed by atoms with Crippen LogP contribution >= 0.6 is 11.6 Å². The summed E-state index contributed by atoms with van der Waals surface area (Å²) in [6.45, 7) is 2.37. The second-order valence-electron chi connectivity index (χ2n) is 6.56. The first-order chi connectivity index (χ1) is 14.6. The summed E-state index contributed by atoms with van der Waals surface area (Å²) in [6, 6.07) is 16.8. The van der Waals surface area contributed by atoms with Gasteiger partial charge in [0.25, 0.3) is 0 Å². The van der Waals surface area contributed by atoms with Crippen LogP contribution in [0.4, 0.5) is 4.39 Å². The monoisotopic (exact) mass is 424 g/mol. The van der Waals surface area contributed by atoms with Gasteiger partial charge in [0, 0.05) is 17.2 Å². The van der Waals surface area contributed by atoms with Crippen LogP contribution in [-0.2, 0) is 6.61 Å². The molecular formula is C24H18ClFO4. The van der Waals surface area contributed by atoms with E-state index in [2.05, 4.69) is 0 Å². The molecule has 0 fully saturated rings. The van der Waals surface area contributed by atoms with E-state index < -0.39 is 5.82 Å². The van der Waals surface area contributed by atoms with Gasteiger partial charge in [-0.25, -0.2) is 4.39 Å². The summed E-state index contributed by atoms with van der Waals surface area (Å²) < 4.78 is 31.0. The molecule has 3 aromatic rings. The van der Waals surface area contributed by atoms with Crippen LogP contribution < -0.4 is 14.2 Å². The minimum Gasteiger partial charge on any atom is -0.493 e. The lowest BCUT2D eigenvalue weighted by atomic mass is 10.1. The van der Waals surface area contributed by atoms with Crippen LogP contribution in [0, 0.1) is 5.82 Å². The molecule has 152 valence electrons. The Kier molecular flexibility index (Phi) is 5.72. The molecule has 0 saturated carbocycles. The molecular weight excluding hydrogens is 407 g/mol. The van der Waals surface area contributed by atoms with Crippen LogP contribution in [0.5, 0.6) is 17.2 Å². The lowest BCUT2D eigenvalue weighted by molar-refractivity contribution is 0.101. The highest BCUT2D eigenvalue weighted by atomic mass is 35.5. The molecule has 0 saturated heterocycles. The van der Waals surface area contributed by atoms with Gasteiger partial charge in [-0.05, 0) is 43.3 Å². The van der Waals surface area contributed by atoms with E-state index in [9.17, 15) is 9.18 Å². The topological polar surface area (TPSA) is 44.8 Å². The molecule has 3 aromatic carbocycles. The highest BCUT2D eigenvalue weighted by molar-refractivity contribution is 6.31. The van der Waals surface area contributed by atoms with Crippen LogP contribution in [-0.4, -0.2) is 12.4 Å². The Labute approximate surface area is 178 Å². The van der Waals surface area contributed by atoms with E-state index in [-0.39, 0.29) is 23.7 Å². The zero-order valence-electron chi connectivity index (χ0n) is 16.2. The number of halogens is 2. The average Bonchev–Trinajstić information content (AvgIpc) is 3.04. The third-order valence-electron chi connectivity index (χ3n) is 4.59. The maximum Gasteiger partial charge on any atom is 0.231 e. The molecule has 0 amide bonds. The zero-order chi connectivity index (χ0) is 21.1. The van der Waals surface area contributed by atoms with Crippen molar-refractivity contribution in [3.8, 4) is 17.2 Å². The first-order valence-electron chi connectivity index (χ1n) is 9.42. The fraction of sp³-hybridized carbons (Fsp3) is 0.125. The summed E-state index contributed by atoms with van der Waals surface area (Å²) in [7, 11) is 0. The number of carbonyl (C=O) groups excluding carboxylic acids is 1. The molecule has 1 aliphatic rings. The number of Topliss-reactive ketones (excluding diaryl/α,β-unsaturated/α-hetero) is 1. The molecule has 1 heterocycles. The number of rotatable bonds is 6. The van der Waals surface area contributed by atoms with E-state index in [1.807, 2.05) is 31.2 Å². The third-order valence-corrected chi connectivity index (χ3v) is 4.95. The van der Waals surface area contributed by atoms with Crippen molar-refractivity contribution >= 4 is 23.5 Å². The number of para-hydroxylation sites is 1. The zero-order valence-corrected chi connectivity index (χ0v) is 16.9.